The van der Waals surface area contributed by atoms with E-state index in [-0.39, 0.29) is 24.3 Å². The van der Waals surface area contributed by atoms with Crippen molar-refractivity contribution in [1.82, 2.24) is 10.6 Å². The molecule has 2 aromatic rings. The summed E-state index contributed by atoms with van der Waals surface area (Å²) < 4.78 is 0. The number of anilines is 1. The van der Waals surface area contributed by atoms with Crippen LogP contribution in [0.5, 0.6) is 0 Å². The van der Waals surface area contributed by atoms with Gasteiger partial charge in [-0.25, -0.2) is 0 Å². The van der Waals surface area contributed by atoms with Gasteiger partial charge in [-0.3, -0.25) is 14.4 Å². The summed E-state index contributed by atoms with van der Waals surface area (Å²) in [6, 6.07) is 6.97. The molecule has 1 aliphatic carbocycles. The Hall–Kier alpha value is -2.67. The average Bonchev–Trinajstić information content (AvgIpc) is 3.22. The van der Waals surface area contributed by atoms with E-state index in [9.17, 15) is 14.4 Å². The zero-order chi connectivity index (χ0) is 18.7. The van der Waals surface area contributed by atoms with Crippen LogP contribution in [0.3, 0.4) is 0 Å². The highest BCUT2D eigenvalue weighted by Gasteiger charge is 2.19. The maximum absolute atomic E-state index is 12.2. The largest absolute Gasteiger partial charge is 0.355 e. The maximum atomic E-state index is 12.2. The fourth-order valence-corrected chi connectivity index (χ4v) is 4.14. The van der Waals surface area contributed by atoms with Crippen LogP contribution < -0.4 is 16.0 Å². The van der Waals surface area contributed by atoms with Gasteiger partial charge in [0.15, 0.2) is 0 Å². The quantitative estimate of drug-likeness (QED) is 0.753. The number of nitrogens with one attached hydrogen (secondary N) is 3. The van der Waals surface area contributed by atoms with Crippen LogP contribution in [0.1, 0.15) is 42.5 Å². The Morgan fingerprint density at radius 3 is 2.62 bits per heavy atom. The molecule has 7 heteroatoms. The lowest BCUT2D eigenvalue weighted by molar-refractivity contribution is -0.115. The molecule has 0 unspecified atom stereocenters. The van der Waals surface area contributed by atoms with E-state index in [4.69, 9.17) is 0 Å². The van der Waals surface area contributed by atoms with Crippen LogP contribution in [0.4, 0.5) is 5.69 Å². The molecule has 26 heavy (non-hydrogen) atoms. The second-order valence-electron chi connectivity index (χ2n) is 6.25. The zero-order valence-electron chi connectivity index (χ0n) is 14.8. The average molecular weight is 371 g/mol. The van der Waals surface area contributed by atoms with Crippen molar-refractivity contribution in [2.24, 2.45) is 0 Å². The maximum Gasteiger partial charge on any atom is 0.261 e. The summed E-state index contributed by atoms with van der Waals surface area (Å²) in [5.74, 6) is -0.703. The van der Waals surface area contributed by atoms with Crippen LogP contribution >= 0.6 is 11.3 Å². The molecule has 3 rings (SSSR count). The van der Waals surface area contributed by atoms with Crippen molar-refractivity contribution >= 4 is 34.7 Å². The molecule has 0 saturated carbocycles. The SMILES string of the molecule is CNC(=O)c1ccc(NC(=O)CNC(=O)c2cc3c(s2)CCC3)c(C)c1. The Kier molecular flexibility index (Phi) is 5.37. The third-order valence-electron chi connectivity index (χ3n) is 4.37. The lowest BCUT2D eigenvalue weighted by Gasteiger charge is -2.10. The molecule has 1 aromatic carbocycles. The Morgan fingerprint density at radius 2 is 1.92 bits per heavy atom. The topological polar surface area (TPSA) is 87.3 Å². The molecule has 136 valence electrons. The van der Waals surface area contributed by atoms with Gasteiger partial charge in [0.05, 0.1) is 11.4 Å². The number of hydrogen-bond donors (Lipinski definition) is 3. The lowest BCUT2D eigenvalue weighted by Crippen LogP contribution is -2.32. The first-order valence-corrected chi connectivity index (χ1v) is 9.32. The van der Waals surface area contributed by atoms with E-state index >= 15 is 0 Å². The van der Waals surface area contributed by atoms with E-state index in [0.29, 0.717) is 16.1 Å². The smallest absolute Gasteiger partial charge is 0.261 e. The summed E-state index contributed by atoms with van der Waals surface area (Å²) in [7, 11) is 1.57. The highest BCUT2D eigenvalue weighted by molar-refractivity contribution is 7.14. The van der Waals surface area contributed by atoms with Crippen molar-refractivity contribution in [2.45, 2.75) is 26.2 Å². The first-order valence-electron chi connectivity index (χ1n) is 8.50. The summed E-state index contributed by atoms with van der Waals surface area (Å²) in [4.78, 5) is 37.9. The monoisotopic (exact) mass is 371 g/mol. The number of benzene rings is 1. The van der Waals surface area contributed by atoms with Crippen LogP contribution in [0.2, 0.25) is 0 Å². The van der Waals surface area contributed by atoms with Crippen LogP contribution in [0.15, 0.2) is 24.3 Å². The summed E-state index contributed by atoms with van der Waals surface area (Å²) in [6.45, 7) is 1.71. The van der Waals surface area contributed by atoms with E-state index in [1.807, 2.05) is 13.0 Å². The van der Waals surface area contributed by atoms with Crippen LogP contribution in [-0.4, -0.2) is 31.3 Å². The standard InChI is InChI=1S/C19H21N3O3S/c1-11-8-13(18(24)20-2)6-7-14(11)22-17(23)10-21-19(25)16-9-12-4-3-5-15(12)26-16/h6-9H,3-5,10H2,1-2H3,(H,20,24)(H,21,25)(H,22,23). The zero-order valence-corrected chi connectivity index (χ0v) is 15.6. The van der Waals surface area contributed by atoms with E-state index in [1.54, 1.807) is 25.2 Å². The summed E-state index contributed by atoms with van der Waals surface area (Å²) in [5, 5.41) is 7.98. The molecule has 6 nitrogen and oxygen atoms in total. The van der Waals surface area contributed by atoms with Crippen molar-refractivity contribution in [2.75, 3.05) is 18.9 Å². The van der Waals surface area contributed by atoms with E-state index in [1.165, 1.54) is 21.8 Å². The van der Waals surface area contributed by atoms with Crippen molar-refractivity contribution in [1.29, 1.82) is 0 Å². The fraction of sp³-hybridized carbons (Fsp3) is 0.316. The Labute approximate surface area is 156 Å². The number of aryl methyl sites for hydroxylation is 3. The Bertz CT molecular complexity index is 851. The molecule has 1 aliphatic rings. The predicted molar refractivity (Wildman–Crippen MR) is 102 cm³/mol. The molecule has 0 saturated heterocycles. The summed E-state index contributed by atoms with van der Waals surface area (Å²) in [6.07, 6.45) is 3.23. The molecule has 3 N–H and O–H groups in total. The molecular weight excluding hydrogens is 350 g/mol. The van der Waals surface area contributed by atoms with Crippen LogP contribution in [0, 0.1) is 6.92 Å². The molecule has 0 fully saturated rings. The molecular formula is C19H21N3O3S. The highest BCUT2D eigenvalue weighted by atomic mass is 32.1. The van der Waals surface area contributed by atoms with Gasteiger partial charge in [0, 0.05) is 23.2 Å². The third-order valence-corrected chi connectivity index (χ3v) is 5.61. The molecule has 0 aliphatic heterocycles. The van der Waals surface area contributed by atoms with Crippen LogP contribution in [-0.2, 0) is 17.6 Å². The van der Waals surface area contributed by atoms with Crippen molar-refractivity contribution in [3.63, 3.8) is 0 Å². The summed E-state index contributed by atoms with van der Waals surface area (Å²) >= 11 is 1.51. The first kappa shape index (κ1) is 18.1. The number of thiophene rings is 1. The molecule has 0 spiro atoms. The third kappa shape index (κ3) is 3.94. The van der Waals surface area contributed by atoms with Gasteiger partial charge in [0.1, 0.15) is 0 Å². The van der Waals surface area contributed by atoms with Gasteiger partial charge >= 0.3 is 0 Å². The highest BCUT2D eigenvalue weighted by Crippen LogP contribution is 2.30. The molecule has 1 aromatic heterocycles. The van der Waals surface area contributed by atoms with Crippen molar-refractivity contribution < 1.29 is 14.4 Å². The van der Waals surface area contributed by atoms with E-state index in [0.717, 1.165) is 24.8 Å². The Morgan fingerprint density at radius 1 is 1.12 bits per heavy atom. The van der Waals surface area contributed by atoms with Gasteiger partial charge in [-0.1, -0.05) is 0 Å². The van der Waals surface area contributed by atoms with E-state index < -0.39 is 0 Å². The fourth-order valence-electron chi connectivity index (χ4n) is 2.97. The molecule has 0 atom stereocenters. The Balaban J connectivity index is 1.55. The minimum Gasteiger partial charge on any atom is -0.355 e. The van der Waals surface area contributed by atoms with Crippen molar-refractivity contribution in [3.05, 3.63) is 50.7 Å². The predicted octanol–water partition coefficient (Wildman–Crippen LogP) is 2.27. The number of hydrogen-bond acceptors (Lipinski definition) is 4. The number of fused-ring (bicyclic) bond motifs is 1. The second-order valence-corrected chi connectivity index (χ2v) is 7.39. The number of carbonyl (C=O) groups is 3. The molecule has 1 heterocycles. The van der Waals surface area contributed by atoms with Gasteiger partial charge in [0.25, 0.3) is 11.8 Å². The minimum atomic E-state index is -0.307. The summed E-state index contributed by atoms with van der Waals surface area (Å²) in [5.41, 5.74) is 3.19. The number of amides is 3. The molecule has 0 radical (unpaired) electrons. The number of carbonyl (C=O) groups excluding carboxylic acids is 3. The molecule has 3 amide bonds. The van der Waals surface area contributed by atoms with Gasteiger partial charge in [-0.05, 0) is 61.6 Å². The molecule has 0 bridgehead atoms. The van der Waals surface area contributed by atoms with Gasteiger partial charge in [-0.2, -0.15) is 0 Å². The minimum absolute atomic E-state index is 0.0992. The van der Waals surface area contributed by atoms with Gasteiger partial charge in [0.2, 0.25) is 5.91 Å². The van der Waals surface area contributed by atoms with E-state index in [2.05, 4.69) is 16.0 Å². The van der Waals surface area contributed by atoms with Gasteiger partial charge < -0.3 is 16.0 Å². The van der Waals surface area contributed by atoms with Crippen LogP contribution in [0.25, 0.3) is 0 Å². The second kappa shape index (κ2) is 7.70. The van der Waals surface area contributed by atoms with Crippen molar-refractivity contribution in [3.8, 4) is 0 Å². The lowest BCUT2D eigenvalue weighted by atomic mass is 10.1. The normalized spacial score (nSPS) is 12.4. The van der Waals surface area contributed by atoms with Gasteiger partial charge in [-0.15, -0.1) is 11.3 Å². The first-order chi connectivity index (χ1) is 12.5. The number of rotatable bonds is 5.